The molecule has 0 saturated heterocycles. The van der Waals surface area contributed by atoms with Crippen LogP contribution in [-0.2, 0) is 14.8 Å². The van der Waals surface area contributed by atoms with E-state index in [0.717, 1.165) is 10.4 Å². The summed E-state index contributed by atoms with van der Waals surface area (Å²) in [6, 6.07) is 28.9. The van der Waals surface area contributed by atoms with Crippen LogP contribution in [0.5, 0.6) is 11.5 Å². The van der Waals surface area contributed by atoms with Crippen LogP contribution in [0.25, 0.3) is 0 Å². The summed E-state index contributed by atoms with van der Waals surface area (Å²) < 4.78 is 47.5. The zero-order valence-electron chi connectivity index (χ0n) is 18.0. The Hall–Kier alpha value is -4.17. The molecule has 0 aliphatic carbocycles. The first-order chi connectivity index (χ1) is 16.4. The fourth-order valence-electron chi connectivity index (χ4n) is 3.24. The lowest BCUT2D eigenvalue weighted by atomic mass is 10.3. The molecule has 4 rings (SSSR count). The second-order valence-corrected chi connectivity index (χ2v) is 9.13. The molecule has 0 radical (unpaired) electrons. The normalized spacial score (nSPS) is 11.0. The lowest BCUT2D eigenvalue weighted by Gasteiger charge is -2.24. The molecule has 0 spiro atoms. The van der Waals surface area contributed by atoms with Crippen molar-refractivity contribution in [3.05, 3.63) is 115 Å². The molecule has 0 heterocycles. The Kier molecular flexibility index (Phi) is 6.89. The number of amides is 1. The van der Waals surface area contributed by atoms with E-state index in [4.69, 9.17) is 4.74 Å². The zero-order chi connectivity index (χ0) is 24.0. The van der Waals surface area contributed by atoms with Crippen LogP contribution in [0.3, 0.4) is 0 Å². The van der Waals surface area contributed by atoms with E-state index in [-0.39, 0.29) is 10.6 Å². The molecule has 6 nitrogen and oxygen atoms in total. The van der Waals surface area contributed by atoms with E-state index < -0.39 is 28.3 Å². The first kappa shape index (κ1) is 23.0. The largest absolute Gasteiger partial charge is 0.457 e. The molecule has 1 amide bonds. The lowest BCUT2D eigenvalue weighted by Crippen LogP contribution is -2.38. The average molecular weight is 477 g/mol. The van der Waals surface area contributed by atoms with Crippen molar-refractivity contribution in [1.82, 2.24) is 0 Å². The molecule has 0 unspecified atom stereocenters. The summed E-state index contributed by atoms with van der Waals surface area (Å²) in [7, 11) is -4.19. The van der Waals surface area contributed by atoms with E-state index in [1.165, 1.54) is 30.3 Å². The molecular formula is C26H21FN2O4S. The summed E-state index contributed by atoms with van der Waals surface area (Å²) in [5, 5.41) is 2.65. The number of hydrogen-bond donors (Lipinski definition) is 1. The Bertz CT molecular complexity index is 1360. The fraction of sp³-hybridized carbons (Fsp3) is 0.0385. The number of carbonyl (C=O) groups excluding carboxylic acids is 1. The number of rotatable bonds is 8. The molecule has 0 aliphatic rings. The van der Waals surface area contributed by atoms with Crippen molar-refractivity contribution in [3.63, 3.8) is 0 Å². The fourth-order valence-corrected chi connectivity index (χ4v) is 4.68. The number of nitrogens with one attached hydrogen (secondary N) is 1. The molecule has 34 heavy (non-hydrogen) atoms. The van der Waals surface area contributed by atoms with Gasteiger partial charge in [0.1, 0.15) is 23.9 Å². The molecule has 8 heteroatoms. The highest BCUT2D eigenvalue weighted by atomic mass is 32.2. The highest BCUT2D eigenvalue weighted by molar-refractivity contribution is 7.92. The smallest absolute Gasteiger partial charge is 0.264 e. The van der Waals surface area contributed by atoms with Gasteiger partial charge in [0.25, 0.3) is 10.0 Å². The number of benzene rings is 4. The number of para-hydroxylation sites is 2. The van der Waals surface area contributed by atoms with E-state index in [1.807, 2.05) is 30.3 Å². The van der Waals surface area contributed by atoms with Gasteiger partial charge in [-0.25, -0.2) is 12.8 Å². The number of ether oxygens (including phenoxy) is 1. The van der Waals surface area contributed by atoms with Crippen molar-refractivity contribution in [2.24, 2.45) is 0 Å². The summed E-state index contributed by atoms with van der Waals surface area (Å²) >= 11 is 0. The van der Waals surface area contributed by atoms with Gasteiger partial charge < -0.3 is 10.1 Å². The van der Waals surface area contributed by atoms with Crippen molar-refractivity contribution in [2.45, 2.75) is 4.90 Å². The molecule has 0 fully saturated rings. The number of halogens is 1. The van der Waals surface area contributed by atoms with E-state index in [1.54, 1.807) is 42.5 Å². The Labute approximate surface area is 197 Å². The van der Waals surface area contributed by atoms with E-state index >= 15 is 0 Å². The van der Waals surface area contributed by atoms with Gasteiger partial charge in [0.05, 0.1) is 10.6 Å². The second-order valence-electron chi connectivity index (χ2n) is 7.26. The third-order valence-electron chi connectivity index (χ3n) is 4.86. The highest BCUT2D eigenvalue weighted by Gasteiger charge is 2.29. The summed E-state index contributed by atoms with van der Waals surface area (Å²) in [5.41, 5.74) is 0.226. The standard InChI is InChI=1S/C26H21FN2O4S/c27-24-13-7-8-14-25(24)29(34(31,32)23-11-5-2-6-12-23)19-26(30)28-20-15-17-22(18-16-20)33-21-9-3-1-4-10-21/h1-18H,19H2,(H,28,30). The van der Waals surface area contributed by atoms with Crippen molar-refractivity contribution in [2.75, 3.05) is 16.2 Å². The van der Waals surface area contributed by atoms with Gasteiger partial charge in [0.2, 0.25) is 5.91 Å². The van der Waals surface area contributed by atoms with Gasteiger partial charge in [-0.1, -0.05) is 48.5 Å². The number of sulfonamides is 1. The Morgan fingerprint density at radius 3 is 1.97 bits per heavy atom. The maximum atomic E-state index is 14.5. The molecule has 172 valence electrons. The van der Waals surface area contributed by atoms with Crippen molar-refractivity contribution in [3.8, 4) is 11.5 Å². The van der Waals surface area contributed by atoms with Crippen LogP contribution in [-0.4, -0.2) is 20.9 Å². The zero-order valence-corrected chi connectivity index (χ0v) is 18.8. The van der Waals surface area contributed by atoms with Gasteiger partial charge in [-0.2, -0.15) is 0 Å². The minimum atomic E-state index is -4.19. The van der Waals surface area contributed by atoms with Crippen molar-refractivity contribution in [1.29, 1.82) is 0 Å². The number of hydrogen-bond acceptors (Lipinski definition) is 4. The number of nitrogens with zero attached hydrogens (tertiary/aromatic N) is 1. The molecule has 0 aliphatic heterocycles. The van der Waals surface area contributed by atoms with Crippen LogP contribution in [0.15, 0.2) is 114 Å². The summed E-state index contributed by atoms with van der Waals surface area (Å²) in [5.74, 6) is -0.133. The Morgan fingerprint density at radius 1 is 0.765 bits per heavy atom. The van der Waals surface area contributed by atoms with Crippen LogP contribution in [0.4, 0.5) is 15.8 Å². The van der Waals surface area contributed by atoms with Crippen molar-refractivity contribution >= 4 is 27.3 Å². The quantitative estimate of drug-likeness (QED) is 0.367. The van der Waals surface area contributed by atoms with Gasteiger partial charge in [0, 0.05) is 5.69 Å². The molecule has 1 N–H and O–H groups in total. The Balaban J connectivity index is 1.53. The minimum Gasteiger partial charge on any atom is -0.457 e. The van der Waals surface area contributed by atoms with Gasteiger partial charge >= 0.3 is 0 Å². The number of carbonyl (C=O) groups is 1. The summed E-state index contributed by atoms with van der Waals surface area (Å²) in [6.07, 6.45) is 0. The molecule has 0 atom stereocenters. The van der Waals surface area contributed by atoms with E-state index in [0.29, 0.717) is 17.2 Å². The van der Waals surface area contributed by atoms with Crippen molar-refractivity contribution < 1.29 is 22.3 Å². The molecule has 4 aromatic rings. The maximum Gasteiger partial charge on any atom is 0.264 e. The molecule has 0 bridgehead atoms. The highest BCUT2D eigenvalue weighted by Crippen LogP contribution is 2.27. The predicted molar refractivity (Wildman–Crippen MR) is 129 cm³/mol. The van der Waals surface area contributed by atoms with E-state index in [9.17, 15) is 17.6 Å². The van der Waals surface area contributed by atoms with Gasteiger partial charge in [-0.3, -0.25) is 9.10 Å². The van der Waals surface area contributed by atoms with Gasteiger partial charge in [-0.05, 0) is 60.7 Å². The minimum absolute atomic E-state index is 0.0477. The van der Waals surface area contributed by atoms with Crippen LogP contribution in [0.2, 0.25) is 0 Å². The van der Waals surface area contributed by atoms with Crippen LogP contribution < -0.4 is 14.4 Å². The van der Waals surface area contributed by atoms with Gasteiger partial charge in [0.15, 0.2) is 0 Å². The van der Waals surface area contributed by atoms with Crippen LogP contribution in [0, 0.1) is 5.82 Å². The van der Waals surface area contributed by atoms with Crippen LogP contribution in [0.1, 0.15) is 0 Å². The van der Waals surface area contributed by atoms with Crippen LogP contribution >= 0.6 is 0 Å². The molecule has 4 aromatic carbocycles. The maximum absolute atomic E-state index is 14.5. The first-order valence-electron chi connectivity index (χ1n) is 10.4. The van der Waals surface area contributed by atoms with Gasteiger partial charge in [-0.15, -0.1) is 0 Å². The topological polar surface area (TPSA) is 75.7 Å². The average Bonchev–Trinajstić information content (AvgIpc) is 2.85. The van der Waals surface area contributed by atoms with E-state index in [2.05, 4.69) is 5.32 Å². The third kappa shape index (κ3) is 5.41. The first-order valence-corrected chi connectivity index (χ1v) is 11.8. The lowest BCUT2D eigenvalue weighted by molar-refractivity contribution is -0.114. The summed E-state index contributed by atoms with van der Waals surface area (Å²) in [4.78, 5) is 12.7. The predicted octanol–water partition coefficient (Wildman–Crippen LogP) is 5.45. The second kappa shape index (κ2) is 10.2. The summed E-state index contributed by atoms with van der Waals surface area (Å²) in [6.45, 7) is -0.611. The Morgan fingerprint density at radius 2 is 1.32 bits per heavy atom. The monoisotopic (exact) mass is 476 g/mol. The third-order valence-corrected chi connectivity index (χ3v) is 6.63. The number of anilines is 2. The molecule has 0 aromatic heterocycles. The molecular weight excluding hydrogens is 455 g/mol. The SMILES string of the molecule is O=C(CN(c1ccccc1F)S(=O)(=O)c1ccccc1)Nc1ccc(Oc2ccccc2)cc1. The molecule has 0 saturated carbocycles.